The van der Waals surface area contributed by atoms with Crippen LogP contribution in [0.3, 0.4) is 0 Å². The van der Waals surface area contributed by atoms with Crippen LogP contribution in [0.4, 0.5) is 0 Å². The summed E-state index contributed by atoms with van der Waals surface area (Å²) in [5.41, 5.74) is 6.44. The number of fused-ring (bicyclic) bond motifs is 5. The first-order chi connectivity index (χ1) is 20.7. The first-order valence-electron chi connectivity index (χ1n) is 14.0. The molecular formula is C34H27N3O6. The number of hydrogen-bond donors (Lipinski definition) is 0. The topological polar surface area (TPSA) is 110 Å². The molecular weight excluding hydrogens is 546 g/mol. The fraction of sp³-hybridized carbons (Fsp3) is 0.176. The number of hydrogen-bond acceptors (Lipinski definition) is 6. The molecule has 43 heavy (non-hydrogen) atoms. The van der Waals surface area contributed by atoms with Crippen molar-refractivity contribution in [2.24, 2.45) is 0 Å². The van der Waals surface area contributed by atoms with Gasteiger partial charge in [0.05, 0.1) is 9.85 Å². The highest BCUT2D eigenvalue weighted by molar-refractivity contribution is 6.08. The number of ether oxygens (including phenoxy) is 2. The number of nitro groups is 2. The van der Waals surface area contributed by atoms with Crippen LogP contribution < -0.4 is 9.47 Å². The molecule has 9 heteroatoms. The summed E-state index contributed by atoms with van der Waals surface area (Å²) in [5.74, 6) is 1.17. The monoisotopic (exact) mass is 573 g/mol. The third-order valence-corrected chi connectivity index (χ3v) is 8.22. The fourth-order valence-electron chi connectivity index (χ4n) is 6.20. The molecule has 2 atom stereocenters. The lowest BCUT2D eigenvalue weighted by Gasteiger charge is -2.23. The van der Waals surface area contributed by atoms with Crippen molar-refractivity contribution in [1.82, 2.24) is 4.57 Å². The van der Waals surface area contributed by atoms with Crippen LogP contribution in [-0.2, 0) is 6.54 Å². The fourth-order valence-corrected chi connectivity index (χ4v) is 6.20. The number of rotatable bonds is 5. The van der Waals surface area contributed by atoms with Crippen molar-refractivity contribution in [2.45, 2.75) is 39.5 Å². The van der Waals surface area contributed by atoms with Crippen molar-refractivity contribution >= 4 is 34.0 Å². The highest BCUT2D eigenvalue weighted by Crippen LogP contribution is 2.42. The molecule has 0 saturated heterocycles. The van der Waals surface area contributed by atoms with E-state index >= 15 is 0 Å². The highest BCUT2D eigenvalue weighted by Gasteiger charge is 2.35. The lowest BCUT2D eigenvalue weighted by molar-refractivity contribution is -0.434. The standard InChI is InChI=1S/C34H27N3O6/c1-4-35-27-9-7-21(33-29(36(38)39)17-23-13-19(2)5-11-31(23)42-33)15-25(27)26-16-22(8-10-28(26)35)34-30(37(40)41)18-24-14-20(3)6-12-32(24)43-34/h5-18,33-34H,4H2,1-3H3. The maximum absolute atomic E-state index is 12.1. The van der Waals surface area contributed by atoms with Gasteiger partial charge in [-0.05, 0) is 69.3 Å². The van der Waals surface area contributed by atoms with Crippen molar-refractivity contribution in [3.8, 4) is 11.5 Å². The number of aromatic nitrogens is 1. The number of aryl methyl sites for hydroxylation is 3. The number of nitrogens with zero attached hydrogens (tertiary/aromatic N) is 3. The Balaban J connectivity index is 1.37. The van der Waals surface area contributed by atoms with Gasteiger partial charge in [0, 0.05) is 62.8 Å². The molecule has 214 valence electrons. The van der Waals surface area contributed by atoms with Crippen LogP contribution in [0.25, 0.3) is 34.0 Å². The van der Waals surface area contributed by atoms with Crippen LogP contribution >= 0.6 is 0 Å². The third-order valence-electron chi connectivity index (χ3n) is 8.22. The van der Waals surface area contributed by atoms with E-state index in [-0.39, 0.29) is 11.4 Å². The predicted octanol–water partition coefficient (Wildman–Crippen LogP) is 7.93. The maximum Gasteiger partial charge on any atom is 0.291 e. The Morgan fingerprint density at radius 2 is 1.12 bits per heavy atom. The zero-order valence-corrected chi connectivity index (χ0v) is 23.7. The van der Waals surface area contributed by atoms with Crippen LogP contribution in [0.1, 0.15) is 52.5 Å². The molecule has 4 aromatic carbocycles. The van der Waals surface area contributed by atoms with Gasteiger partial charge in [-0.3, -0.25) is 20.2 Å². The average Bonchev–Trinajstić information content (AvgIpc) is 3.31. The molecule has 0 N–H and O–H groups in total. The van der Waals surface area contributed by atoms with Crippen LogP contribution in [0.2, 0.25) is 0 Å². The van der Waals surface area contributed by atoms with Gasteiger partial charge in [-0.1, -0.05) is 35.4 Å². The van der Waals surface area contributed by atoms with E-state index in [1.54, 1.807) is 12.2 Å². The van der Waals surface area contributed by atoms with E-state index in [0.29, 0.717) is 40.3 Å². The quantitative estimate of drug-likeness (QED) is 0.156. The summed E-state index contributed by atoms with van der Waals surface area (Å²) < 4.78 is 14.6. The molecule has 3 heterocycles. The number of benzene rings is 4. The summed E-state index contributed by atoms with van der Waals surface area (Å²) in [6, 6.07) is 22.8. The Morgan fingerprint density at radius 1 is 0.674 bits per heavy atom. The minimum Gasteiger partial charge on any atom is -0.474 e. The van der Waals surface area contributed by atoms with Gasteiger partial charge in [-0.15, -0.1) is 0 Å². The van der Waals surface area contributed by atoms with E-state index in [4.69, 9.17) is 9.47 Å². The zero-order chi connectivity index (χ0) is 30.0. The van der Waals surface area contributed by atoms with Crippen LogP contribution in [0.15, 0.2) is 84.2 Å². The van der Waals surface area contributed by atoms with Crippen molar-refractivity contribution in [3.05, 3.63) is 138 Å². The molecule has 0 spiro atoms. The highest BCUT2D eigenvalue weighted by atomic mass is 16.6. The molecule has 9 nitrogen and oxygen atoms in total. The summed E-state index contributed by atoms with van der Waals surface area (Å²) in [5, 5.41) is 26.0. The predicted molar refractivity (Wildman–Crippen MR) is 164 cm³/mol. The van der Waals surface area contributed by atoms with Crippen molar-refractivity contribution in [1.29, 1.82) is 0 Å². The summed E-state index contributed by atoms with van der Waals surface area (Å²) in [6.07, 6.45) is 1.37. The zero-order valence-electron chi connectivity index (χ0n) is 23.7. The van der Waals surface area contributed by atoms with E-state index in [1.807, 2.05) is 93.6 Å². The van der Waals surface area contributed by atoms with Gasteiger partial charge in [0.15, 0.2) is 0 Å². The molecule has 2 unspecified atom stereocenters. The summed E-state index contributed by atoms with van der Waals surface area (Å²) in [7, 11) is 0. The molecule has 2 aliphatic rings. The molecule has 0 aliphatic carbocycles. The Bertz CT molecular complexity index is 1930. The molecule has 0 bridgehead atoms. The van der Waals surface area contributed by atoms with Crippen molar-refractivity contribution in [2.75, 3.05) is 0 Å². The van der Waals surface area contributed by atoms with Gasteiger partial charge in [0.25, 0.3) is 11.4 Å². The van der Waals surface area contributed by atoms with E-state index in [2.05, 4.69) is 4.57 Å². The molecule has 1 aromatic heterocycles. The molecule has 0 radical (unpaired) electrons. The second-order valence-electron chi connectivity index (χ2n) is 11.0. The van der Waals surface area contributed by atoms with Gasteiger partial charge < -0.3 is 14.0 Å². The van der Waals surface area contributed by atoms with Gasteiger partial charge >= 0.3 is 0 Å². The Kier molecular flexibility index (Phi) is 6.05. The lowest BCUT2D eigenvalue weighted by Crippen LogP contribution is -2.20. The first kappa shape index (κ1) is 26.5. The van der Waals surface area contributed by atoms with Crippen LogP contribution in [0.5, 0.6) is 11.5 Å². The Morgan fingerprint density at radius 3 is 1.51 bits per heavy atom. The minimum absolute atomic E-state index is 0.0392. The summed E-state index contributed by atoms with van der Waals surface area (Å²) in [6.45, 7) is 6.60. The maximum atomic E-state index is 12.1. The first-order valence-corrected chi connectivity index (χ1v) is 14.0. The minimum atomic E-state index is -0.900. The SMILES string of the molecule is CCn1c2ccc(C3Oc4ccc(C)cc4C=C3[N+](=O)[O-])cc2c2cc(C3Oc4ccc(C)cc4C=C3[N+](=O)[O-])ccc21. The van der Waals surface area contributed by atoms with Crippen LogP contribution in [-0.4, -0.2) is 14.4 Å². The van der Waals surface area contributed by atoms with Gasteiger partial charge in [0.2, 0.25) is 12.2 Å². The smallest absolute Gasteiger partial charge is 0.291 e. The normalized spacial score (nSPS) is 17.4. The van der Waals surface area contributed by atoms with Crippen molar-refractivity contribution in [3.63, 3.8) is 0 Å². The average molecular weight is 574 g/mol. The summed E-state index contributed by atoms with van der Waals surface area (Å²) in [4.78, 5) is 23.5. The van der Waals surface area contributed by atoms with Gasteiger partial charge in [0.1, 0.15) is 11.5 Å². The third kappa shape index (κ3) is 4.32. The Labute approximate surface area is 246 Å². The summed E-state index contributed by atoms with van der Waals surface area (Å²) >= 11 is 0. The molecule has 5 aromatic rings. The van der Waals surface area contributed by atoms with E-state index < -0.39 is 22.1 Å². The van der Waals surface area contributed by atoms with Crippen molar-refractivity contribution < 1.29 is 19.3 Å². The van der Waals surface area contributed by atoms with E-state index in [0.717, 1.165) is 32.9 Å². The molecule has 7 rings (SSSR count). The van der Waals surface area contributed by atoms with Crippen LogP contribution in [0, 0.1) is 34.1 Å². The van der Waals surface area contributed by atoms with E-state index in [9.17, 15) is 20.2 Å². The molecule has 0 saturated carbocycles. The second-order valence-corrected chi connectivity index (χ2v) is 11.0. The van der Waals surface area contributed by atoms with E-state index in [1.165, 1.54) is 0 Å². The van der Waals surface area contributed by atoms with Gasteiger partial charge in [-0.2, -0.15) is 0 Å². The largest absolute Gasteiger partial charge is 0.474 e. The molecule has 0 amide bonds. The lowest BCUT2D eigenvalue weighted by atomic mass is 9.97. The van der Waals surface area contributed by atoms with Gasteiger partial charge in [-0.25, -0.2) is 0 Å². The molecule has 0 fully saturated rings. The second kappa shape index (κ2) is 9.84. The molecule has 2 aliphatic heterocycles. The Hall–Kier alpha value is -5.44.